The number of hydrogen-bond acceptors (Lipinski definition) is 5. The van der Waals surface area contributed by atoms with E-state index in [1.165, 1.54) is 16.7 Å². The van der Waals surface area contributed by atoms with Crippen LogP contribution in [0, 0.1) is 0 Å². The summed E-state index contributed by atoms with van der Waals surface area (Å²) in [5, 5.41) is 3.49. The average molecular weight is 359 g/mol. The largest absolute Gasteiger partial charge is 0.366 e. The molecule has 1 aromatic carbocycles. The lowest BCUT2D eigenvalue weighted by atomic mass is 9.99. The molecule has 0 aliphatic carbocycles. The summed E-state index contributed by atoms with van der Waals surface area (Å²) in [5.74, 6) is 2.33. The quantitative estimate of drug-likeness (QED) is 0.741. The van der Waals surface area contributed by atoms with Gasteiger partial charge in [0.15, 0.2) is 0 Å². The van der Waals surface area contributed by atoms with Gasteiger partial charge in [-0.05, 0) is 29.5 Å². The van der Waals surface area contributed by atoms with Crippen molar-refractivity contribution >= 4 is 11.6 Å². The maximum atomic E-state index is 4.70. The molecule has 1 N–H and O–H groups in total. The number of nitrogens with zero attached hydrogens (tertiary/aromatic N) is 4. The Kier molecular flexibility index (Phi) is 5.01. The van der Waals surface area contributed by atoms with Gasteiger partial charge in [0.2, 0.25) is 0 Å². The highest BCUT2D eigenvalue weighted by Gasteiger charge is 2.19. The van der Waals surface area contributed by atoms with E-state index in [0.29, 0.717) is 12.5 Å². The van der Waals surface area contributed by atoms with E-state index < -0.39 is 0 Å². The lowest BCUT2D eigenvalue weighted by molar-refractivity contribution is 0.716. The number of aromatic nitrogens is 3. The second kappa shape index (κ2) is 7.74. The Balaban J connectivity index is 1.54. The van der Waals surface area contributed by atoms with Gasteiger partial charge in [-0.15, -0.1) is 0 Å². The molecule has 0 spiro atoms. The third-order valence-corrected chi connectivity index (χ3v) is 5.11. The number of fused-ring (bicyclic) bond motifs is 1. The Morgan fingerprint density at radius 1 is 1.07 bits per heavy atom. The van der Waals surface area contributed by atoms with Crippen molar-refractivity contribution in [2.45, 2.75) is 39.3 Å². The minimum Gasteiger partial charge on any atom is -0.366 e. The van der Waals surface area contributed by atoms with E-state index >= 15 is 0 Å². The van der Waals surface area contributed by atoms with Crippen molar-refractivity contribution in [3.63, 3.8) is 0 Å². The average Bonchev–Trinajstić information content (AvgIpc) is 2.72. The standard InChI is InChI=1S/C22H25N5/c1-16(2)20-13-23-15-26-21(20)25-12-18-8-5-10-24-22(18)27-11-9-17-6-3-4-7-19(17)14-27/h3-8,10,13,15-16H,9,11-12,14H2,1-2H3,(H,23,25,26). The van der Waals surface area contributed by atoms with Crippen LogP contribution in [-0.2, 0) is 19.5 Å². The van der Waals surface area contributed by atoms with Gasteiger partial charge in [0, 0.05) is 43.2 Å². The molecule has 0 bridgehead atoms. The molecule has 3 heterocycles. The van der Waals surface area contributed by atoms with Crippen LogP contribution >= 0.6 is 0 Å². The number of pyridine rings is 1. The zero-order chi connectivity index (χ0) is 18.6. The summed E-state index contributed by atoms with van der Waals surface area (Å²) >= 11 is 0. The molecule has 0 unspecified atom stereocenters. The van der Waals surface area contributed by atoms with Crippen molar-refractivity contribution < 1.29 is 0 Å². The normalized spacial score (nSPS) is 13.5. The SMILES string of the molecule is CC(C)c1cncnc1NCc1cccnc1N1CCc2ccccc2C1. The van der Waals surface area contributed by atoms with Gasteiger partial charge in [0.25, 0.3) is 0 Å². The van der Waals surface area contributed by atoms with Gasteiger partial charge in [0.1, 0.15) is 18.0 Å². The Labute approximate surface area is 160 Å². The van der Waals surface area contributed by atoms with Crippen LogP contribution in [0.25, 0.3) is 0 Å². The van der Waals surface area contributed by atoms with E-state index in [1.807, 2.05) is 18.5 Å². The summed E-state index contributed by atoms with van der Waals surface area (Å²) in [7, 11) is 0. The van der Waals surface area contributed by atoms with Crippen LogP contribution in [0.3, 0.4) is 0 Å². The zero-order valence-electron chi connectivity index (χ0n) is 15.9. The Morgan fingerprint density at radius 3 is 2.78 bits per heavy atom. The molecule has 1 aliphatic rings. The first-order valence-electron chi connectivity index (χ1n) is 9.52. The zero-order valence-corrected chi connectivity index (χ0v) is 15.9. The van der Waals surface area contributed by atoms with Crippen LogP contribution in [0.4, 0.5) is 11.6 Å². The molecule has 2 aromatic heterocycles. The van der Waals surface area contributed by atoms with E-state index in [2.05, 4.69) is 64.4 Å². The van der Waals surface area contributed by atoms with Crippen LogP contribution in [0.2, 0.25) is 0 Å². The van der Waals surface area contributed by atoms with E-state index in [1.54, 1.807) is 6.33 Å². The summed E-state index contributed by atoms with van der Waals surface area (Å²) in [4.78, 5) is 15.7. The van der Waals surface area contributed by atoms with Crippen molar-refractivity contribution in [2.24, 2.45) is 0 Å². The summed E-state index contributed by atoms with van der Waals surface area (Å²) in [5.41, 5.74) is 5.16. The first-order chi connectivity index (χ1) is 13.2. The van der Waals surface area contributed by atoms with Crippen LogP contribution in [-0.4, -0.2) is 21.5 Å². The fraction of sp³-hybridized carbons (Fsp3) is 0.318. The molecular weight excluding hydrogens is 334 g/mol. The van der Waals surface area contributed by atoms with Crippen molar-refractivity contribution in [2.75, 3.05) is 16.8 Å². The lowest BCUT2D eigenvalue weighted by Crippen LogP contribution is -2.32. The molecule has 27 heavy (non-hydrogen) atoms. The van der Waals surface area contributed by atoms with E-state index in [0.717, 1.165) is 36.7 Å². The van der Waals surface area contributed by atoms with Crippen LogP contribution < -0.4 is 10.2 Å². The molecule has 0 fully saturated rings. The Bertz CT molecular complexity index is 922. The van der Waals surface area contributed by atoms with E-state index in [9.17, 15) is 0 Å². The number of rotatable bonds is 5. The second-order valence-corrected chi connectivity index (χ2v) is 7.26. The summed E-state index contributed by atoms with van der Waals surface area (Å²) < 4.78 is 0. The molecule has 4 rings (SSSR count). The smallest absolute Gasteiger partial charge is 0.133 e. The number of hydrogen-bond donors (Lipinski definition) is 1. The van der Waals surface area contributed by atoms with E-state index in [-0.39, 0.29) is 0 Å². The van der Waals surface area contributed by atoms with Crippen LogP contribution in [0.5, 0.6) is 0 Å². The predicted octanol–water partition coefficient (Wildman–Crippen LogP) is 4.17. The molecule has 0 atom stereocenters. The molecule has 0 saturated heterocycles. The first kappa shape index (κ1) is 17.5. The molecule has 5 heteroatoms. The van der Waals surface area contributed by atoms with E-state index in [4.69, 9.17) is 4.98 Å². The minimum absolute atomic E-state index is 0.376. The molecule has 5 nitrogen and oxygen atoms in total. The van der Waals surface area contributed by atoms with Crippen molar-refractivity contribution in [3.8, 4) is 0 Å². The number of nitrogens with one attached hydrogen (secondary N) is 1. The fourth-order valence-corrected chi connectivity index (χ4v) is 3.62. The topological polar surface area (TPSA) is 53.9 Å². The van der Waals surface area contributed by atoms with Crippen molar-refractivity contribution in [1.29, 1.82) is 0 Å². The number of anilines is 2. The van der Waals surface area contributed by atoms with Gasteiger partial charge in [-0.25, -0.2) is 15.0 Å². The van der Waals surface area contributed by atoms with Crippen LogP contribution in [0.15, 0.2) is 55.1 Å². The van der Waals surface area contributed by atoms with Gasteiger partial charge in [-0.1, -0.05) is 44.2 Å². The molecule has 138 valence electrons. The molecule has 0 saturated carbocycles. The first-order valence-corrected chi connectivity index (χ1v) is 9.52. The Morgan fingerprint density at radius 2 is 1.93 bits per heavy atom. The molecule has 1 aliphatic heterocycles. The maximum Gasteiger partial charge on any atom is 0.133 e. The third-order valence-electron chi connectivity index (χ3n) is 5.11. The monoisotopic (exact) mass is 359 g/mol. The highest BCUT2D eigenvalue weighted by atomic mass is 15.2. The number of benzene rings is 1. The molecule has 3 aromatic rings. The highest BCUT2D eigenvalue weighted by Crippen LogP contribution is 2.27. The second-order valence-electron chi connectivity index (χ2n) is 7.26. The minimum atomic E-state index is 0.376. The summed E-state index contributed by atoms with van der Waals surface area (Å²) in [6, 6.07) is 12.8. The van der Waals surface area contributed by atoms with Crippen LogP contribution in [0.1, 0.15) is 42.0 Å². The van der Waals surface area contributed by atoms with Crippen molar-refractivity contribution in [1.82, 2.24) is 15.0 Å². The molecular formula is C22H25N5. The highest BCUT2D eigenvalue weighted by molar-refractivity contribution is 5.52. The van der Waals surface area contributed by atoms with Gasteiger partial charge in [-0.2, -0.15) is 0 Å². The predicted molar refractivity (Wildman–Crippen MR) is 109 cm³/mol. The summed E-state index contributed by atoms with van der Waals surface area (Å²) in [6.45, 7) is 6.91. The summed E-state index contributed by atoms with van der Waals surface area (Å²) in [6.07, 6.45) is 6.43. The maximum absolute atomic E-state index is 4.70. The van der Waals surface area contributed by atoms with Gasteiger partial charge < -0.3 is 10.2 Å². The van der Waals surface area contributed by atoms with Gasteiger partial charge in [0.05, 0.1) is 0 Å². The molecule has 0 amide bonds. The lowest BCUT2D eigenvalue weighted by Gasteiger charge is -2.31. The van der Waals surface area contributed by atoms with Gasteiger partial charge in [-0.3, -0.25) is 0 Å². The van der Waals surface area contributed by atoms with Gasteiger partial charge >= 0.3 is 0 Å². The molecule has 0 radical (unpaired) electrons. The Hall–Kier alpha value is -2.95. The van der Waals surface area contributed by atoms with Crippen molar-refractivity contribution in [3.05, 3.63) is 77.4 Å². The fourth-order valence-electron chi connectivity index (χ4n) is 3.62. The third kappa shape index (κ3) is 3.77.